The van der Waals surface area contributed by atoms with Gasteiger partial charge in [-0.1, -0.05) is 30.9 Å². The van der Waals surface area contributed by atoms with E-state index in [9.17, 15) is 23.5 Å². The summed E-state index contributed by atoms with van der Waals surface area (Å²) in [4.78, 5) is 22.9. The number of rotatable bonds is 11. The first-order valence-corrected chi connectivity index (χ1v) is 8.51. The molecular formula is C21H22F2O5. The predicted molar refractivity (Wildman–Crippen MR) is 100 cm³/mol. The van der Waals surface area contributed by atoms with E-state index in [1.165, 1.54) is 24.3 Å². The summed E-state index contributed by atoms with van der Waals surface area (Å²) in [6.07, 6.45) is 7.11. The van der Waals surface area contributed by atoms with E-state index in [2.05, 4.69) is 11.3 Å². The number of hydrogen-bond acceptors (Lipinski definition) is 5. The molecule has 1 rings (SSSR count). The van der Waals surface area contributed by atoms with Crippen LogP contribution in [0.3, 0.4) is 0 Å². The van der Waals surface area contributed by atoms with Gasteiger partial charge in [0.2, 0.25) is 5.76 Å². The third-order valence-corrected chi connectivity index (χ3v) is 3.35. The second-order valence-corrected chi connectivity index (χ2v) is 5.45. The molecule has 0 fully saturated rings. The minimum Gasteiger partial charge on any atom is -0.502 e. The minimum atomic E-state index is -0.968. The Kier molecular flexibility index (Phi) is 9.96. The molecular weight excluding hydrogens is 370 g/mol. The number of aliphatic hydroxyl groups is 1. The van der Waals surface area contributed by atoms with Crippen molar-refractivity contribution < 1.29 is 33.0 Å². The topological polar surface area (TPSA) is 72.8 Å². The highest BCUT2D eigenvalue weighted by molar-refractivity contribution is 5.98. The molecule has 0 aliphatic carbocycles. The van der Waals surface area contributed by atoms with Gasteiger partial charge in [0, 0.05) is 18.9 Å². The smallest absolute Gasteiger partial charge is 0.373 e. The highest BCUT2D eigenvalue weighted by atomic mass is 19.1. The number of carbonyl (C=O) groups excluding carboxylic acids is 2. The maximum atomic E-state index is 13.6. The van der Waals surface area contributed by atoms with Crippen molar-refractivity contribution in [2.24, 2.45) is 0 Å². The number of benzene rings is 1. The average Bonchev–Trinajstić information content (AvgIpc) is 2.64. The van der Waals surface area contributed by atoms with Gasteiger partial charge < -0.3 is 14.6 Å². The van der Waals surface area contributed by atoms with Gasteiger partial charge in [-0.15, -0.1) is 0 Å². The van der Waals surface area contributed by atoms with Crippen LogP contribution >= 0.6 is 0 Å². The van der Waals surface area contributed by atoms with Gasteiger partial charge in [-0.2, -0.15) is 0 Å². The Morgan fingerprint density at radius 3 is 2.39 bits per heavy atom. The van der Waals surface area contributed by atoms with Gasteiger partial charge in [0.15, 0.2) is 5.78 Å². The van der Waals surface area contributed by atoms with Gasteiger partial charge in [-0.25, -0.2) is 13.6 Å². The van der Waals surface area contributed by atoms with Crippen LogP contribution in [0.5, 0.6) is 0 Å². The summed E-state index contributed by atoms with van der Waals surface area (Å²) in [5, 5.41) is 9.40. The van der Waals surface area contributed by atoms with E-state index >= 15 is 0 Å². The summed E-state index contributed by atoms with van der Waals surface area (Å²) in [6, 6.07) is 3.55. The second-order valence-electron chi connectivity index (χ2n) is 5.45. The summed E-state index contributed by atoms with van der Waals surface area (Å²) < 4.78 is 37.2. The lowest BCUT2D eigenvalue weighted by molar-refractivity contribution is -0.141. The molecule has 0 spiro atoms. The number of allylic oxidation sites excluding steroid dienone is 5. The lowest BCUT2D eigenvalue weighted by atomic mass is 10.2. The monoisotopic (exact) mass is 392 g/mol. The Bertz CT molecular complexity index is 774. The van der Waals surface area contributed by atoms with Crippen molar-refractivity contribution in [3.8, 4) is 0 Å². The molecule has 1 aromatic carbocycles. The summed E-state index contributed by atoms with van der Waals surface area (Å²) in [6.45, 7) is 4.92. The first-order chi connectivity index (χ1) is 13.4. The molecule has 0 bridgehead atoms. The molecule has 0 amide bonds. The van der Waals surface area contributed by atoms with Crippen LogP contribution in [-0.4, -0.2) is 23.5 Å². The van der Waals surface area contributed by atoms with Gasteiger partial charge in [0.25, 0.3) is 0 Å². The van der Waals surface area contributed by atoms with Crippen molar-refractivity contribution in [2.45, 2.75) is 26.4 Å². The van der Waals surface area contributed by atoms with Gasteiger partial charge in [-0.3, -0.25) is 4.79 Å². The fourth-order valence-corrected chi connectivity index (χ4v) is 2.02. The Morgan fingerprint density at radius 1 is 1.14 bits per heavy atom. The zero-order valence-electron chi connectivity index (χ0n) is 15.5. The highest BCUT2D eigenvalue weighted by Crippen LogP contribution is 2.16. The standard InChI is InChI=1S/C21H22F2O5/c1-3-8-16(28-14-17-18(22)11-7-12-19(17)23)10-6-5-9-15(24)13-20(25)21(26)27-4-2/h3,5-8,11-13,25H,1,4,9-10,14H2,2H3/b6-5-,16-8+,20-13-. The maximum Gasteiger partial charge on any atom is 0.373 e. The molecule has 0 aromatic heterocycles. The number of ether oxygens (including phenoxy) is 2. The summed E-state index contributed by atoms with van der Waals surface area (Å²) >= 11 is 0. The van der Waals surface area contributed by atoms with Crippen molar-refractivity contribution >= 4 is 11.8 Å². The molecule has 1 aromatic rings. The van der Waals surface area contributed by atoms with E-state index in [1.54, 1.807) is 13.0 Å². The number of ketones is 1. The molecule has 0 atom stereocenters. The van der Waals surface area contributed by atoms with E-state index in [0.717, 1.165) is 18.2 Å². The number of aliphatic hydroxyl groups excluding tert-OH is 1. The predicted octanol–water partition coefficient (Wildman–Crippen LogP) is 4.46. The molecule has 1 N–H and O–H groups in total. The van der Waals surface area contributed by atoms with Crippen LogP contribution in [-0.2, 0) is 25.7 Å². The summed E-state index contributed by atoms with van der Waals surface area (Å²) in [5.41, 5.74) is -0.184. The molecule has 0 aliphatic heterocycles. The van der Waals surface area contributed by atoms with E-state index in [-0.39, 0.29) is 31.6 Å². The van der Waals surface area contributed by atoms with E-state index in [4.69, 9.17) is 4.74 Å². The van der Waals surface area contributed by atoms with Crippen molar-refractivity contribution in [2.75, 3.05) is 6.61 Å². The van der Waals surface area contributed by atoms with Crippen LogP contribution < -0.4 is 0 Å². The number of hydrogen-bond donors (Lipinski definition) is 1. The fraction of sp³-hybridized carbons (Fsp3) is 0.238. The number of halogens is 2. The quantitative estimate of drug-likeness (QED) is 0.198. The highest BCUT2D eigenvalue weighted by Gasteiger charge is 2.10. The fourth-order valence-electron chi connectivity index (χ4n) is 2.02. The van der Waals surface area contributed by atoms with Crippen molar-refractivity contribution in [1.82, 2.24) is 0 Å². The van der Waals surface area contributed by atoms with Crippen LogP contribution in [0.2, 0.25) is 0 Å². The molecule has 150 valence electrons. The van der Waals surface area contributed by atoms with Crippen LogP contribution in [0.15, 0.2) is 66.7 Å². The number of carbonyl (C=O) groups is 2. The Labute approximate surface area is 162 Å². The van der Waals surface area contributed by atoms with Gasteiger partial charge in [0.1, 0.15) is 24.0 Å². The molecule has 0 saturated carbocycles. The van der Waals surface area contributed by atoms with Crippen LogP contribution in [0.25, 0.3) is 0 Å². The summed E-state index contributed by atoms with van der Waals surface area (Å²) in [5.74, 6) is -3.23. The van der Waals surface area contributed by atoms with Gasteiger partial charge in [-0.05, 0) is 25.1 Å². The molecule has 0 unspecified atom stereocenters. The second kappa shape index (κ2) is 12.2. The van der Waals surface area contributed by atoms with Crippen LogP contribution in [0.4, 0.5) is 8.78 Å². The molecule has 7 heteroatoms. The molecule has 0 saturated heterocycles. The van der Waals surface area contributed by atoms with Crippen molar-refractivity contribution in [3.05, 3.63) is 83.9 Å². The van der Waals surface area contributed by atoms with E-state index < -0.39 is 29.1 Å². The maximum absolute atomic E-state index is 13.6. The largest absolute Gasteiger partial charge is 0.502 e. The minimum absolute atomic E-state index is 0.0627. The Morgan fingerprint density at radius 2 is 1.79 bits per heavy atom. The number of esters is 1. The Hall–Kier alpha value is -3.22. The molecule has 28 heavy (non-hydrogen) atoms. The normalized spacial score (nSPS) is 12.1. The van der Waals surface area contributed by atoms with Gasteiger partial charge >= 0.3 is 5.97 Å². The lowest BCUT2D eigenvalue weighted by Crippen LogP contribution is -2.08. The van der Waals surface area contributed by atoms with E-state index in [1.807, 2.05) is 0 Å². The zero-order valence-corrected chi connectivity index (χ0v) is 15.5. The first-order valence-electron chi connectivity index (χ1n) is 8.51. The SMILES string of the molecule is C=C/C=C(\C/C=C\CC(=O)/C=C(\O)C(=O)OCC)OCc1c(F)cccc1F. The third kappa shape index (κ3) is 7.99. The molecule has 0 heterocycles. The molecule has 0 radical (unpaired) electrons. The first kappa shape index (κ1) is 22.8. The molecule has 5 nitrogen and oxygen atoms in total. The average molecular weight is 392 g/mol. The lowest BCUT2D eigenvalue weighted by Gasteiger charge is -2.10. The van der Waals surface area contributed by atoms with Crippen LogP contribution in [0, 0.1) is 11.6 Å². The Balaban J connectivity index is 2.58. The van der Waals surface area contributed by atoms with Crippen LogP contribution in [0.1, 0.15) is 25.3 Å². The van der Waals surface area contributed by atoms with E-state index in [0.29, 0.717) is 5.76 Å². The third-order valence-electron chi connectivity index (χ3n) is 3.35. The van der Waals surface area contributed by atoms with Crippen molar-refractivity contribution in [1.29, 1.82) is 0 Å². The zero-order chi connectivity index (χ0) is 20.9. The summed E-state index contributed by atoms with van der Waals surface area (Å²) in [7, 11) is 0. The van der Waals surface area contributed by atoms with Crippen molar-refractivity contribution in [3.63, 3.8) is 0 Å². The molecule has 0 aliphatic rings. The van der Waals surface area contributed by atoms with Gasteiger partial charge in [0.05, 0.1) is 12.2 Å².